The fourth-order valence-corrected chi connectivity index (χ4v) is 4.53. The van der Waals surface area contributed by atoms with Crippen molar-refractivity contribution in [3.63, 3.8) is 0 Å². The lowest BCUT2D eigenvalue weighted by atomic mass is 10.1. The Labute approximate surface area is 181 Å². The van der Waals surface area contributed by atoms with Gasteiger partial charge in [-0.1, -0.05) is 48.2 Å². The first-order chi connectivity index (χ1) is 13.8. The molecule has 6 nitrogen and oxygen atoms in total. The molecule has 2 aromatic carbocycles. The SMILES string of the molecule is CSC(=NCCc1ccccc1C)SCc1c(C)cccc1N(N)C(=O)N(C)N. The van der Waals surface area contributed by atoms with E-state index in [0.29, 0.717) is 11.4 Å². The molecule has 0 aliphatic carbocycles. The van der Waals surface area contributed by atoms with Crippen molar-refractivity contribution >= 4 is 39.6 Å². The second kappa shape index (κ2) is 11.3. The Bertz CT molecular complexity index is 870. The number of amides is 2. The molecule has 156 valence electrons. The van der Waals surface area contributed by atoms with Gasteiger partial charge in [-0.2, -0.15) is 0 Å². The van der Waals surface area contributed by atoms with Crippen molar-refractivity contribution in [3.05, 3.63) is 64.7 Å². The van der Waals surface area contributed by atoms with Crippen LogP contribution in [-0.2, 0) is 12.2 Å². The molecule has 0 spiro atoms. The predicted molar refractivity (Wildman–Crippen MR) is 127 cm³/mol. The molecular weight excluding hydrogens is 402 g/mol. The first kappa shape index (κ1) is 23.3. The van der Waals surface area contributed by atoms with Crippen LogP contribution in [0.5, 0.6) is 0 Å². The number of carbonyl (C=O) groups is 1. The van der Waals surface area contributed by atoms with Crippen molar-refractivity contribution in [3.8, 4) is 0 Å². The molecule has 0 atom stereocenters. The molecule has 0 unspecified atom stereocenters. The largest absolute Gasteiger partial charge is 0.352 e. The van der Waals surface area contributed by atoms with E-state index in [1.54, 1.807) is 23.5 Å². The molecule has 0 radical (unpaired) electrons. The molecule has 2 amide bonds. The lowest BCUT2D eigenvalue weighted by Gasteiger charge is -2.24. The van der Waals surface area contributed by atoms with Crippen molar-refractivity contribution in [1.82, 2.24) is 5.01 Å². The van der Waals surface area contributed by atoms with Gasteiger partial charge in [-0.25, -0.2) is 21.5 Å². The number of nitrogens with zero attached hydrogens (tertiary/aromatic N) is 3. The van der Waals surface area contributed by atoms with Gasteiger partial charge in [0.15, 0.2) is 0 Å². The molecule has 0 aliphatic rings. The second-order valence-electron chi connectivity index (χ2n) is 6.65. The number of thioether (sulfide) groups is 2. The Kier molecular flexibility index (Phi) is 9.03. The molecule has 4 N–H and O–H groups in total. The third kappa shape index (κ3) is 6.50. The van der Waals surface area contributed by atoms with E-state index in [1.165, 1.54) is 18.2 Å². The number of rotatable bonds is 6. The summed E-state index contributed by atoms with van der Waals surface area (Å²) in [6.07, 6.45) is 2.95. The molecule has 0 bridgehead atoms. The maximum atomic E-state index is 12.2. The highest BCUT2D eigenvalue weighted by molar-refractivity contribution is 8.38. The van der Waals surface area contributed by atoms with Crippen LogP contribution in [0.4, 0.5) is 10.5 Å². The molecule has 0 heterocycles. The average molecular weight is 432 g/mol. The minimum absolute atomic E-state index is 0.473. The third-order valence-electron chi connectivity index (χ3n) is 4.55. The van der Waals surface area contributed by atoms with Crippen LogP contribution >= 0.6 is 23.5 Å². The normalized spacial score (nSPS) is 11.4. The summed E-state index contributed by atoms with van der Waals surface area (Å²) in [4.78, 5) is 16.9. The number of carbonyl (C=O) groups excluding carboxylic acids is 1. The fourth-order valence-electron chi connectivity index (χ4n) is 2.83. The van der Waals surface area contributed by atoms with Crippen LogP contribution in [0.25, 0.3) is 0 Å². The number of hydrazine groups is 2. The van der Waals surface area contributed by atoms with Gasteiger partial charge >= 0.3 is 6.03 Å². The number of hydrogen-bond acceptors (Lipinski definition) is 6. The number of aliphatic imine (C=N–C) groups is 1. The highest BCUT2D eigenvalue weighted by Gasteiger charge is 2.19. The topological polar surface area (TPSA) is 88.0 Å². The van der Waals surface area contributed by atoms with Crippen LogP contribution in [0.1, 0.15) is 22.3 Å². The van der Waals surface area contributed by atoms with Gasteiger partial charge in [-0.05, 0) is 54.8 Å². The van der Waals surface area contributed by atoms with E-state index in [9.17, 15) is 4.79 Å². The zero-order chi connectivity index (χ0) is 21.4. The van der Waals surface area contributed by atoms with Crippen molar-refractivity contribution in [1.29, 1.82) is 0 Å². The van der Waals surface area contributed by atoms with E-state index in [-0.39, 0.29) is 0 Å². The summed E-state index contributed by atoms with van der Waals surface area (Å²) in [5.41, 5.74) is 5.34. The number of aryl methyl sites for hydroxylation is 2. The Hall–Kier alpha value is -2.00. The second-order valence-corrected chi connectivity index (χ2v) is 8.67. The molecule has 0 aliphatic heterocycles. The first-order valence-corrected chi connectivity index (χ1v) is 11.5. The number of anilines is 1. The van der Waals surface area contributed by atoms with Crippen LogP contribution in [0.2, 0.25) is 0 Å². The molecule has 0 saturated carbocycles. The number of hydrogen-bond donors (Lipinski definition) is 2. The van der Waals surface area contributed by atoms with Crippen LogP contribution < -0.4 is 16.7 Å². The smallest absolute Gasteiger partial charge is 0.271 e. The van der Waals surface area contributed by atoms with Gasteiger partial charge in [0.2, 0.25) is 0 Å². The van der Waals surface area contributed by atoms with Crippen molar-refractivity contribution in [2.24, 2.45) is 16.7 Å². The first-order valence-electron chi connectivity index (χ1n) is 9.26. The molecule has 0 saturated heterocycles. The Balaban J connectivity index is 2.08. The van der Waals surface area contributed by atoms with Crippen molar-refractivity contribution in [2.75, 3.05) is 24.9 Å². The van der Waals surface area contributed by atoms with Gasteiger partial charge < -0.3 is 0 Å². The van der Waals surface area contributed by atoms with Gasteiger partial charge in [0.05, 0.1) is 5.69 Å². The number of urea groups is 1. The quantitative estimate of drug-likeness (QED) is 0.236. The Morgan fingerprint density at radius 1 is 1.07 bits per heavy atom. The highest BCUT2D eigenvalue weighted by Crippen LogP contribution is 2.29. The van der Waals surface area contributed by atoms with Crippen LogP contribution in [0.3, 0.4) is 0 Å². The predicted octanol–water partition coefficient (Wildman–Crippen LogP) is 4.10. The van der Waals surface area contributed by atoms with Gasteiger partial charge in [-0.15, -0.1) is 11.8 Å². The van der Waals surface area contributed by atoms with Gasteiger partial charge in [0.25, 0.3) is 0 Å². The van der Waals surface area contributed by atoms with E-state index in [1.807, 2.05) is 31.4 Å². The van der Waals surface area contributed by atoms with E-state index in [2.05, 4.69) is 31.2 Å². The maximum Gasteiger partial charge on any atom is 0.352 e. The summed E-state index contributed by atoms with van der Waals surface area (Å²) in [7, 11) is 1.47. The van der Waals surface area contributed by atoms with E-state index < -0.39 is 6.03 Å². The molecule has 8 heteroatoms. The summed E-state index contributed by atoms with van der Waals surface area (Å²) in [5, 5.41) is 2.07. The molecule has 29 heavy (non-hydrogen) atoms. The van der Waals surface area contributed by atoms with Crippen LogP contribution in [0, 0.1) is 13.8 Å². The summed E-state index contributed by atoms with van der Waals surface area (Å²) < 4.78 is 1.01. The summed E-state index contributed by atoms with van der Waals surface area (Å²) in [5.74, 6) is 12.2. The third-order valence-corrected chi connectivity index (χ3v) is 6.69. The van der Waals surface area contributed by atoms with Gasteiger partial charge in [0, 0.05) is 19.3 Å². The van der Waals surface area contributed by atoms with E-state index in [0.717, 1.165) is 38.5 Å². The number of benzene rings is 2. The molecule has 2 aromatic rings. The summed E-state index contributed by atoms with van der Waals surface area (Å²) in [6.45, 7) is 4.88. The van der Waals surface area contributed by atoms with Crippen molar-refractivity contribution in [2.45, 2.75) is 26.0 Å². The Morgan fingerprint density at radius 3 is 2.41 bits per heavy atom. The van der Waals surface area contributed by atoms with Crippen molar-refractivity contribution < 1.29 is 4.79 Å². The monoisotopic (exact) mass is 431 g/mol. The standard InChI is InChI=1S/C21H29N5OS2/c1-15-8-5-6-10-17(15)12-13-24-20(28-4)29-14-18-16(2)9-7-11-19(18)26(23)21(27)25(3)22/h5-11H,12-14,22-23H2,1-4H3. The molecule has 0 aromatic heterocycles. The zero-order valence-corrected chi connectivity index (χ0v) is 19.0. The highest BCUT2D eigenvalue weighted by atomic mass is 32.2. The van der Waals surface area contributed by atoms with Gasteiger partial charge in [0.1, 0.15) is 4.38 Å². The van der Waals surface area contributed by atoms with Gasteiger partial charge in [-0.3, -0.25) is 10.0 Å². The van der Waals surface area contributed by atoms with Crippen LogP contribution in [0.15, 0.2) is 47.5 Å². The maximum absolute atomic E-state index is 12.2. The zero-order valence-electron chi connectivity index (χ0n) is 17.4. The minimum atomic E-state index is -0.473. The van der Waals surface area contributed by atoms with E-state index >= 15 is 0 Å². The summed E-state index contributed by atoms with van der Waals surface area (Å²) >= 11 is 3.29. The lowest BCUT2D eigenvalue weighted by Crippen LogP contribution is -2.49. The van der Waals surface area contributed by atoms with E-state index in [4.69, 9.17) is 16.7 Å². The average Bonchev–Trinajstić information content (AvgIpc) is 2.71. The Morgan fingerprint density at radius 2 is 1.76 bits per heavy atom. The molecule has 2 rings (SSSR count). The summed E-state index contributed by atoms with van der Waals surface area (Å²) in [6, 6.07) is 13.6. The fraction of sp³-hybridized carbons (Fsp3) is 0.333. The number of nitrogens with two attached hydrogens (primary N) is 2. The minimum Gasteiger partial charge on any atom is -0.271 e. The molecular formula is C21H29N5OS2. The lowest BCUT2D eigenvalue weighted by molar-refractivity contribution is 0.216. The van der Waals surface area contributed by atoms with Crippen LogP contribution in [-0.4, -0.2) is 35.3 Å². The molecule has 0 fully saturated rings.